The zero-order valence-corrected chi connectivity index (χ0v) is 12.2. The quantitative estimate of drug-likeness (QED) is 0.808. The Morgan fingerprint density at radius 3 is 2.78 bits per heavy atom. The topological polar surface area (TPSA) is 61.5 Å². The van der Waals surface area contributed by atoms with Crippen LogP contribution in [0.3, 0.4) is 0 Å². The minimum atomic E-state index is -1.17. The first-order valence-corrected chi connectivity index (χ1v) is 6.44. The number of hydrogen-bond acceptors (Lipinski definition) is 4. The smallest absolute Gasteiger partial charge is 0.330 e. The Kier molecular flexibility index (Phi) is 3.15. The molecule has 1 aliphatic rings. The predicted octanol–water partition coefficient (Wildman–Crippen LogP) is 2.34. The first-order valence-electron chi connectivity index (χ1n) is 5.65. The van der Waals surface area contributed by atoms with Gasteiger partial charge >= 0.3 is 5.97 Å². The summed E-state index contributed by atoms with van der Waals surface area (Å²) < 4.78 is 11.6. The minimum Gasteiger partial charge on any atom is -0.487 e. The van der Waals surface area contributed by atoms with Gasteiger partial charge in [0.1, 0.15) is 16.9 Å². The highest BCUT2D eigenvalue weighted by molar-refractivity contribution is 9.10. The van der Waals surface area contributed by atoms with Crippen LogP contribution in [0, 0.1) is 0 Å². The molecule has 1 atom stereocenters. The summed E-state index contributed by atoms with van der Waals surface area (Å²) in [4.78, 5) is 12.0. The highest BCUT2D eigenvalue weighted by atomic mass is 79.9. The van der Waals surface area contributed by atoms with E-state index < -0.39 is 17.1 Å². The number of hydrogen-bond donors (Lipinski definition) is 1. The number of carbonyl (C=O) groups excluding carboxylic acids is 1. The average molecular weight is 314 g/mol. The van der Waals surface area contributed by atoms with Crippen molar-refractivity contribution in [3.05, 3.63) is 28.2 Å². The van der Waals surface area contributed by atoms with E-state index in [0.29, 0.717) is 17.7 Å². The van der Waals surface area contributed by atoms with Crippen molar-refractivity contribution in [2.24, 2.45) is 5.73 Å². The zero-order chi connectivity index (χ0) is 13.6. The maximum atomic E-state index is 12.0. The molecule has 1 aromatic carbocycles. The fourth-order valence-corrected chi connectivity index (χ4v) is 2.77. The summed E-state index contributed by atoms with van der Waals surface area (Å²) in [6.07, 6.45) is 0.371. The van der Waals surface area contributed by atoms with Gasteiger partial charge in [0.15, 0.2) is 0 Å². The van der Waals surface area contributed by atoms with Crippen molar-refractivity contribution in [2.75, 3.05) is 7.11 Å². The maximum Gasteiger partial charge on any atom is 0.330 e. The van der Waals surface area contributed by atoms with Crippen molar-refractivity contribution in [1.29, 1.82) is 0 Å². The first kappa shape index (κ1) is 13.4. The second-order valence-electron chi connectivity index (χ2n) is 5.14. The van der Waals surface area contributed by atoms with Crippen LogP contribution < -0.4 is 10.5 Å². The maximum absolute atomic E-state index is 12.0. The molecule has 0 aliphatic carbocycles. The number of methoxy groups -OCH3 is 1. The third kappa shape index (κ3) is 2.12. The fourth-order valence-electron chi connectivity index (χ4n) is 2.40. The zero-order valence-electron chi connectivity index (χ0n) is 10.6. The molecule has 0 aromatic heterocycles. The van der Waals surface area contributed by atoms with Gasteiger partial charge in [0.25, 0.3) is 0 Å². The van der Waals surface area contributed by atoms with Gasteiger partial charge in [-0.1, -0.05) is 15.9 Å². The summed E-state index contributed by atoms with van der Waals surface area (Å²) >= 11 is 3.38. The van der Waals surface area contributed by atoms with Crippen molar-refractivity contribution in [3.8, 4) is 5.75 Å². The summed E-state index contributed by atoms with van der Waals surface area (Å²) in [5.74, 6) is 0.181. The van der Waals surface area contributed by atoms with Crippen LogP contribution in [0.15, 0.2) is 22.7 Å². The van der Waals surface area contributed by atoms with Crippen LogP contribution in [0.5, 0.6) is 5.75 Å². The minimum absolute atomic E-state index is 0.371. The molecule has 0 spiro atoms. The van der Waals surface area contributed by atoms with E-state index in [-0.39, 0.29) is 0 Å². The molecular weight excluding hydrogens is 298 g/mol. The second-order valence-corrected chi connectivity index (χ2v) is 6.06. The van der Waals surface area contributed by atoms with Gasteiger partial charge in [0, 0.05) is 16.5 Å². The van der Waals surface area contributed by atoms with Gasteiger partial charge in [0.05, 0.1) is 7.11 Å². The number of nitrogens with two attached hydrogens (primary N) is 1. The number of benzene rings is 1. The lowest BCUT2D eigenvalue weighted by atomic mass is 9.78. The van der Waals surface area contributed by atoms with Crippen molar-refractivity contribution < 1.29 is 14.3 Å². The normalized spacial score (nSPS) is 24.9. The summed E-state index contributed by atoms with van der Waals surface area (Å²) in [6.45, 7) is 3.81. The van der Waals surface area contributed by atoms with E-state index in [1.807, 2.05) is 32.0 Å². The van der Waals surface area contributed by atoms with Crippen LogP contribution in [0.1, 0.15) is 25.8 Å². The van der Waals surface area contributed by atoms with Crippen LogP contribution in [-0.2, 0) is 15.1 Å². The third-order valence-corrected chi connectivity index (χ3v) is 3.56. The molecular formula is C13H16BrNO3. The van der Waals surface area contributed by atoms with Gasteiger partial charge in [-0.05, 0) is 32.0 Å². The van der Waals surface area contributed by atoms with E-state index in [1.165, 1.54) is 7.11 Å². The molecule has 5 heteroatoms. The number of carbonyl (C=O) groups is 1. The van der Waals surface area contributed by atoms with Gasteiger partial charge in [-0.15, -0.1) is 0 Å². The Morgan fingerprint density at radius 2 is 2.17 bits per heavy atom. The highest BCUT2D eigenvalue weighted by Crippen LogP contribution is 2.43. The van der Waals surface area contributed by atoms with E-state index in [4.69, 9.17) is 15.2 Å². The van der Waals surface area contributed by atoms with E-state index in [0.717, 1.165) is 4.47 Å². The van der Waals surface area contributed by atoms with E-state index in [2.05, 4.69) is 15.9 Å². The van der Waals surface area contributed by atoms with E-state index in [9.17, 15) is 4.79 Å². The van der Waals surface area contributed by atoms with Crippen LogP contribution in [0.25, 0.3) is 0 Å². The number of rotatable bonds is 1. The molecule has 2 N–H and O–H groups in total. The molecule has 0 radical (unpaired) electrons. The predicted molar refractivity (Wildman–Crippen MR) is 71.3 cm³/mol. The Labute approximate surface area is 115 Å². The summed E-state index contributed by atoms with van der Waals surface area (Å²) in [5.41, 5.74) is 5.27. The molecule has 1 heterocycles. The molecule has 0 saturated carbocycles. The fraction of sp³-hybridized carbons (Fsp3) is 0.462. The summed E-state index contributed by atoms with van der Waals surface area (Å²) in [6, 6.07) is 5.48. The first-order chi connectivity index (χ1) is 8.28. The summed E-state index contributed by atoms with van der Waals surface area (Å²) in [7, 11) is 1.34. The third-order valence-electron chi connectivity index (χ3n) is 3.06. The SMILES string of the molecule is COC(=O)C1(N)CC(C)(C)Oc2ccc(Br)cc21. The van der Waals surface area contributed by atoms with Gasteiger partial charge in [-0.2, -0.15) is 0 Å². The lowest BCUT2D eigenvalue weighted by Crippen LogP contribution is -2.54. The molecule has 0 amide bonds. The molecule has 18 heavy (non-hydrogen) atoms. The van der Waals surface area contributed by atoms with Crippen molar-refractivity contribution in [3.63, 3.8) is 0 Å². The van der Waals surface area contributed by atoms with Crippen LogP contribution in [0.4, 0.5) is 0 Å². The van der Waals surface area contributed by atoms with Gasteiger partial charge in [-0.3, -0.25) is 0 Å². The van der Waals surface area contributed by atoms with Crippen molar-refractivity contribution in [1.82, 2.24) is 0 Å². The number of halogens is 1. The molecule has 0 fully saturated rings. The van der Waals surface area contributed by atoms with Gasteiger partial charge in [0.2, 0.25) is 0 Å². The van der Waals surface area contributed by atoms with Crippen LogP contribution >= 0.6 is 15.9 Å². The Morgan fingerprint density at radius 1 is 1.50 bits per heavy atom. The number of fused-ring (bicyclic) bond motifs is 1. The number of esters is 1. The van der Waals surface area contributed by atoms with Crippen LogP contribution in [-0.4, -0.2) is 18.7 Å². The standard InChI is InChI=1S/C13H16BrNO3/c1-12(2)7-13(15,11(16)17-3)9-6-8(14)4-5-10(9)18-12/h4-6H,7,15H2,1-3H3. The number of ether oxygens (including phenoxy) is 2. The molecule has 1 aliphatic heterocycles. The molecule has 0 bridgehead atoms. The van der Waals surface area contributed by atoms with Crippen molar-refractivity contribution >= 4 is 21.9 Å². The van der Waals surface area contributed by atoms with Crippen LogP contribution in [0.2, 0.25) is 0 Å². The Bertz CT molecular complexity index is 501. The van der Waals surface area contributed by atoms with E-state index >= 15 is 0 Å². The molecule has 4 nitrogen and oxygen atoms in total. The Hall–Kier alpha value is -1.07. The molecule has 98 valence electrons. The Balaban J connectivity index is 2.61. The monoisotopic (exact) mass is 313 g/mol. The highest BCUT2D eigenvalue weighted by Gasteiger charge is 2.48. The van der Waals surface area contributed by atoms with Gasteiger partial charge < -0.3 is 15.2 Å². The van der Waals surface area contributed by atoms with E-state index in [1.54, 1.807) is 0 Å². The lowest BCUT2D eigenvalue weighted by molar-refractivity contribution is -0.151. The molecule has 1 aromatic rings. The molecule has 2 rings (SSSR count). The molecule has 0 saturated heterocycles. The summed E-state index contributed by atoms with van der Waals surface area (Å²) in [5, 5.41) is 0. The second kappa shape index (κ2) is 4.24. The molecule has 1 unspecified atom stereocenters. The largest absolute Gasteiger partial charge is 0.487 e. The average Bonchev–Trinajstić information content (AvgIpc) is 2.28. The van der Waals surface area contributed by atoms with Gasteiger partial charge in [-0.25, -0.2) is 4.79 Å². The lowest BCUT2D eigenvalue weighted by Gasteiger charge is -2.42. The van der Waals surface area contributed by atoms with Crippen molar-refractivity contribution in [2.45, 2.75) is 31.4 Å².